The van der Waals surface area contributed by atoms with Crippen molar-refractivity contribution in [3.8, 4) is 0 Å². The molecule has 1 heteroatoms. The van der Waals surface area contributed by atoms with E-state index >= 15 is 0 Å². The third-order valence-corrected chi connectivity index (χ3v) is 7.44. The van der Waals surface area contributed by atoms with Crippen LogP contribution in [0.15, 0.2) is 120 Å². The van der Waals surface area contributed by atoms with Crippen LogP contribution in [0.4, 0.5) is 0 Å². The lowest BCUT2D eigenvalue weighted by Crippen LogP contribution is -2.30. The minimum absolute atomic E-state index is 0.401. The lowest BCUT2D eigenvalue weighted by Gasteiger charge is -2.36. The Labute approximate surface area is 231 Å². The van der Waals surface area contributed by atoms with E-state index in [1.165, 1.54) is 57.4 Å². The lowest BCUT2D eigenvalue weighted by atomic mass is 9.65. The maximum Gasteiger partial charge on any atom is 0.0706 e. The van der Waals surface area contributed by atoms with Gasteiger partial charge in [0.25, 0.3) is 0 Å². The van der Waals surface area contributed by atoms with E-state index in [-0.39, 0.29) is 0 Å². The van der Waals surface area contributed by atoms with E-state index < -0.39 is 5.41 Å². The van der Waals surface area contributed by atoms with E-state index in [1.54, 1.807) is 0 Å². The first-order chi connectivity index (χ1) is 18.0. The van der Waals surface area contributed by atoms with Crippen LogP contribution in [0.5, 0.6) is 0 Å². The Balaban J connectivity index is 0.00000235. The predicted octanol–water partition coefficient (Wildman–Crippen LogP) is 10.6. The molecule has 0 amide bonds. The molecule has 1 aliphatic carbocycles. The van der Waals surface area contributed by atoms with E-state index in [2.05, 4.69) is 107 Å². The summed E-state index contributed by atoms with van der Waals surface area (Å²) in [5, 5.41) is 0. The second-order valence-electron chi connectivity index (χ2n) is 9.31. The largest absolute Gasteiger partial charge is 0.127 e. The SMILES string of the molecule is C=C/C=C\C1=C(C)C(C)=C(/C=C\C=C)C1(c1ccc(CCCC)cc1)c1ccc(CCCCl)cc1.CC. The fraction of sp³-hybridized carbons (Fsp3) is 0.333. The smallest absolute Gasteiger partial charge is 0.0706 e. The molecule has 0 spiro atoms. The molecular weight excluding hydrogens is 468 g/mol. The third kappa shape index (κ3) is 6.74. The van der Waals surface area contributed by atoms with Crippen LogP contribution in [0.1, 0.15) is 76.1 Å². The molecule has 0 nitrogen and oxygen atoms in total. The standard InChI is InChI=1S/C34H39Cl.C2H6/c1-6-9-13-28-17-21-30(22-18-28)34(31-23-19-29(20-24-31)14-12-25-35)32(15-10-7-2)26(4)27(5)33(34)16-11-8-3;1-2/h7-8,10-11,15-24H,2-3,6,9,12-14,25H2,1,4-5H3;1-2H3/b15-10-,16-11-;. The number of rotatable bonds is 12. The van der Waals surface area contributed by atoms with Gasteiger partial charge in [0.1, 0.15) is 0 Å². The van der Waals surface area contributed by atoms with Gasteiger partial charge in [-0.2, -0.15) is 0 Å². The number of hydrogen-bond donors (Lipinski definition) is 0. The molecule has 1 aliphatic rings. The van der Waals surface area contributed by atoms with Crippen LogP contribution in [0.25, 0.3) is 0 Å². The maximum absolute atomic E-state index is 5.96. The van der Waals surface area contributed by atoms with Crippen LogP contribution < -0.4 is 0 Å². The van der Waals surface area contributed by atoms with Gasteiger partial charge < -0.3 is 0 Å². The van der Waals surface area contributed by atoms with E-state index in [9.17, 15) is 0 Å². The second kappa shape index (κ2) is 15.4. The number of alkyl halides is 1. The van der Waals surface area contributed by atoms with Crippen molar-refractivity contribution in [2.75, 3.05) is 5.88 Å². The van der Waals surface area contributed by atoms with Crippen molar-refractivity contribution in [1.82, 2.24) is 0 Å². The zero-order chi connectivity index (χ0) is 27.3. The highest BCUT2D eigenvalue weighted by atomic mass is 35.5. The molecule has 0 bridgehead atoms. The van der Waals surface area contributed by atoms with Gasteiger partial charge in [-0.15, -0.1) is 11.6 Å². The molecule has 0 fully saturated rings. The first kappa shape index (κ1) is 30.4. The number of allylic oxidation sites excluding steroid dienone is 10. The predicted molar refractivity (Wildman–Crippen MR) is 167 cm³/mol. The van der Waals surface area contributed by atoms with Crippen molar-refractivity contribution < 1.29 is 0 Å². The fourth-order valence-electron chi connectivity index (χ4n) is 5.22. The number of benzene rings is 2. The molecule has 0 heterocycles. The number of unbranched alkanes of at least 4 members (excludes halogenated alkanes) is 1. The molecule has 0 atom stereocenters. The quantitative estimate of drug-likeness (QED) is 0.196. The Hall–Kier alpha value is -2.83. The van der Waals surface area contributed by atoms with Crippen LogP contribution in [0.3, 0.4) is 0 Å². The highest BCUT2D eigenvalue weighted by Gasteiger charge is 2.45. The minimum Gasteiger partial charge on any atom is -0.127 e. The molecule has 0 saturated heterocycles. The monoisotopic (exact) mass is 512 g/mol. The van der Waals surface area contributed by atoms with Crippen molar-refractivity contribution in [2.24, 2.45) is 0 Å². The Bertz CT molecular complexity index is 1040. The van der Waals surface area contributed by atoms with Crippen LogP contribution in [0.2, 0.25) is 0 Å². The van der Waals surface area contributed by atoms with Gasteiger partial charge in [-0.1, -0.05) is 125 Å². The van der Waals surface area contributed by atoms with Gasteiger partial charge in [-0.25, -0.2) is 0 Å². The van der Waals surface area contributed by atoms with Crippen molar-refractivity contribution in [2.45, 2.75) is 72.1 Å². The number of aryl methyl sites for hydroxylation is 2. The van der Waals surface area contributed by atoms with Crippen molar-refractivity contribution in [1.29, 1.82) is 0 Å². The average molecular weight is 513 g/mol. The van der Waals surface area contributed by atoms with Crippen molar-refractivity contribution >= 4 is 11.6 Å². The van der Waals surface area contributed by atoms with Crippen LogP contribution >= 0.6 is 11.6 Å². The Morgan fingerprint density at radius 2 is 1.11 bits per heavy atom. The fourth-order valence-corrected chi connectivity index (χ4v) is 5.36. The van der Waals surface area contributed by atoms with Gasteiger partial charge in [-0.05, 0) is 84.1 Å². The summed E-state index contributed by atoms with van der Waals surface area (Å²) >= 11 is 5.96. The summed E-state index contributed by atoms with van der Waals surface area (Å²) in [6, 6.07) is 18.5. The normalized spacial score (nSPS) is 14.9. The molecule has 3 rings (SSSR count). The van der Waals surface area contributed by atoms with Crippen LogP contribution in [0, 0.1) is 0 Å². The van der Waals surface area contributed by atoms with Gasteiger partial charge in [0, 0.05) is 5.88 Å². The summed E-state index contributed by atoms with van der Waals surface area (Å²) in [4.78, 5) is 0. The zero-order valence-electron chi connectivity index (χ0n) is 23.6. The van der Waals surface area contributed by atoms with Crippen molar-refractivity contribution in [3.63, 3.8) is 0 Å². The third-order valence-electron chi connectivity index (χ3n) is 7.17. The Morgan fingerprint density at radius 3 is 1.46 bits per heavy atom. The highest BCUT2D eigenvalue weighted by molar-refractivity contribution is 6.17. The molecule has 196 valence electrons. The van der Waals surface area contributed by atoms with Gasteiger partial charge in [-0.3, -0.25) is 0 Å². The molecule has 2 aromatic rings. The molecule has 2 aromatic carbocycles. The van der Waals surface area contributed by atoms with Gasteiger partial charge in [0.05, 0.1) is 5.41 Å². The molecule has 0 aromatic heterocycles. The zero-order valence-corrected chi connectivity index (χ0v) is 24.4. The molecule has 0 aliphatic heterocycles. The first-order valence-electron chi connectivity index (χ1n) is 13.8. The molecule has 0 unspecified atom stereocenters. The Morgan fingerprint density at radius 1 is 0.703 bits per heavy atom. The van der Waals surface area contributed by atoms with E-state index in [1.807, 2.05) is 26.0 Å². The topological polar surface area (TPSA) is 0 Å². The number of halogens is 1. The summed E-state index contributed by atoms with van der Waals surface area (Å²) in [6.07, 6.45) is 17.9. The first-order valence-corrected chi connectivity index (χ1v) is 14.3. The number of hydrogen-bond acceptors (Lipinski definition) is 0. The molecule has 0 N–H and O–H groups in total. The van der Waals surface area contributed by atoms with Gasteiger partial charge in [0.2, 0.25) is 0 Å². The summed E-state index contributed by atoms with van der Waals surface area (Å²) in [7, 11) is 0. The molecule has 0 radical (unpaired) electrons. The van der Waals surface area contributed by atoms with E-state index in [4.69, 9.17) is 11.6 Å². The van der Waals surface area contributed by atoms with E-state index in [0.29, 0.717) is 5.88 Å². The maximum atomic E-state index is 5.96. The van der Waals surface area contributed by atoms with Crippen LogP contribution in [-0.4, -0.2) is 5.88 Å². The second-order valence-corrected chi connectivity index (χ2v) is 9.68. The van der Waals surface area contributed by atoms with Crippen LogP contribution in [-0.2, 0) is 18.3 Å². The van der Waals surface area contributed by atoms with Gasteiger partial charge in [0.15, 0.2) is 0 Å². The molecule has 37 heavy (non-hydrogen) atoms. The van der Waals surface area contributed by atoms with Gasteiger partial charge >= 0.3 is 0 Å². The summed E-state index contributed by atoms with van der Waals surface area (Å²) in [5.41, 5.74) is 10.1. The lowest BCUT2D eigenvalue weighted by molar-refractivity contribution is 0.748. The average Bonchev–Trinajstić information content (AvgIpc) is 3.16. The molecular formula is C36H45Cl. The summed E-state index contributed by atoms with van der Waals surface area (Å²) in [5.74, 6) is 0.687. The summed E-state index contributed by atoms with van der Waals surface area (Å²) < 4.78 is 0. The highest BCUT2D eigenvalue weighted by Crippen LogP contribution is 2.54. The minimum atomic E-state index is -0.401. The molecule has 0 saturated carbocycles. The summed E-state index contributed by atoms with van der Waals surface area (Å²) in [6.45, 7) is 18.6. The van der Waals surface area contributed by atoms with E-state index in [0.717, 1.165) is 19.3 Å². The Kier molecular flexibility index (Phi) is 12.7. The van der Waals surface area contributed by atoms with Crippen molar-refractivity contribution in [3.05, 3.63) is 143 Å².